The van der Waals surface area contributed by atoms with Crippen molar-refractivity contribution in [3.05, 3.63) is 41.0 Å². The minimum absolute atomic E-state index is 0.0278. The predicted octanol–water partition coefficient (Wildman–Crippen LogP) is 3.14. The van der Waals surface area contributed by atoms with Crippen molar-refractivity contribution in [2.24, 2.45) is 0 Å². The monoisotopic (exact) mass is 271 g/mol. The Morgan fingerprint density at radius 2 is 1.95 bits per heavy atom. The third-order valence-corrected chi connectivity index (χ3v) is 2.70. The van der Waals surface area contributed by atoms with Gasteiger partial charge in [0.2, 0.25) is 0 Å². The summed E-state index contributed by atoms with van der Waals surface area (Å²) in [6, 6.07) is 8.53. The van der Waals surface area contributed by atoms with E-state index in [1.807, 2.05) is 13.0 Å². The maximum absolute atomic E-state index is 11.7. The van der Waals surface area contributed by atoms with E-state index in [9.17, 15) is 9.59 Å². The largest absolute Gasteiger partial charge is 0.462 e. The molecule has 1 rings (SSSR count). The summed E-state index contributed by atoms with van der Waals surface area (Å²) in [7, 11) is 0. The molecule has 0 fully saturated rings. The number of carbonyl (C=O) groups excluding carboxylic acids is 2. The molecule has 0 saturated heterocycles. The molecule has 0 radical (unpaired) electrons. The maximum atomic E-state index is 11.7. The normalized spacial score (nSPS) is 10.8. The van der Waals surface area contributed by atoms with Crippen LogP contribution in [0.25, 0.3) is 6.08 Å². The van der Waals surface area contributed by atoms with Crippen molar-refractivity contribution < 1.29 is 14.3 Å². The molecule has 0 atom stereocenters. The molecular formula is C16H17NO3. The number of hydrogen-bond donors (Lipinski definition) is 0. The van der Waals surface area contributed by atoms with Crippen LogP contribution in [-0.2, 0) is 9.53 Å². The number of hydrogen-bond acceptors (Lipinski definition) is 4. The van der Waals surface area contributed by atoms with E-state index in [2.05, 4.69) is 0 Å². The first kappa shape index (κ1) is 15.6. The molecule has 0 saturated carbocycles. The van der Waals surface area contributed by atoms with Crippen molar-refractivity contribution in [1.29, 1.82) is 5.26 Å². The van der Waals surface area contributed by atoms with Gasteiger partial charge in [-0.05, 0) is 25.0 Å². The quantitative estimate of drug-likeness (QED) is 0.262. The van der Waals surface area contributed by atoms with Crippen LogP contribution in [0.3, 0.4) is 0 Å². The van der Waals surface area contributed by atoms with Gasteiger partial charge in [0, 0.05) is 5.56 Å². The van der Waals surface area contributed by atoms with Crippen LogP contribution in [-0.4, -0.2) is 18.4 Å². The lowest BCUT2D eigenvalue weighted by Gasteiger charge is -2.02. The molecule has 0 aliphatic carbocycles. The summed E-state index contributed by atoms with van der Waals surface area (Å²) in [4.78, 5) is 22.8. The number of ether oxygens (including phenoxy) is 1. The van der Waals surface area contributed by atoms with E-state index in [1.54, 1.807) is 24.3 Å². The standard InChI is InChI=1S/C16H17NO3/c1-3-4-9-20-16(19)15(11-17)10-13-5-7-14(8-6-13)12(2)18/h5-8,10H,3-4,9H2,1-2H3/b15-10-. The van der Waals surface area contributed by atoms with Crippen molar-refractivity contribution in [1.82, 2.24) is 0 Å². The van der Waals surface area contributed by atoms with E-state index in [0.717, 1.165) is 12.8 Å². The average Bonchev–Trinajstić information content (AvgIpc) is 2.45. The molecule has 0 aromatic heterocycles. The molecule has 20 heavy (non-hydrogen) atoms. The molecule has 4 nitrogen and oxygen atoms in total. The fourth-order valence-electron chi connectivity index (χ4n) is 1.50. The van der Waals surface area contributed by atoms with Crippen LogP contribution in [0.1, 0.15) is 42.6 Å². The van der Waals surface area contributed by atoms with Gasteiger partial charge in [0.05, 0.1) is 6.61 Å². The van der Waals surface area contributed by atoms with Gasteiger partial charge in [-0.2, -0.15) is 5.26 Å². The van der Waals surface area contributed by atoms with E-state index in [1.165, 1.54) is 13.0 Å². The first-order valence-electron chi connectivity index (χ1n) is 6.48. The summed E-state index contributed by atoms with van der Waals surface area (Å²) >= 11 is 0. The molecule has 0 N–H and O–H groups in total. The lowest BCUT2D eigenvalue weighted by Crippen LogP contribution is -2.07. The van der Waals surface area contributed by atoms with E-state index in [0.29, 0.717) is 17.7 Å². The van der Waals surface area contributed by atoms with Crippen molar-refractivity contribution in [2.75, 3.05) is 6.61 Å². The molecule has 1 aromatic carbocycles. The van der Waals surface area contributed by atoms with Crippen LogP contribution in [0.15, 0.2) is 29.8 Å². The Kier molecular flexibility index (Phi) is 6.18. The van der Waals surface area contributed by atoms with Gasteiger partial charge >= 0.3 is 5.97 Å². The molecule has 0 heterocycles. The average molecular weight is 271 g/mol. The van der Waals surface area contributed by atoms with E-state index in [4.69, 9.17) is 10.00 Å². The number of ketones is 1. The van der Waals surface area contributed by atoms with E-state index < -0.39 is 5.97 Å². The maximum Gasteiger partial charge on any atom is 0.348 e. The SMILES string of the molecule is CCCCOC(=O)/C(C#N)=C\c1ccc(C(C)=O)cc1. The van der Waals surface area contributed by atoms with Gasteiger partial charge in [-0.3, -0.25) is 4.79 Å². The highest BCUT2D eigenvalue weighted by Gasteiger charge is 2.10. The Balaban J connectivity index is 2.81. The highest BCUT2D eigenvalue weighted by atomic mass is 16.5. The number of Topliss-reactive ketones (excluding diaryl/α,β-unsaturated/α-hetero) is 1. The van der Waals surface area contributed by atoms with Crippen LogP contribution in [0.2, 0.25) is 0 Å². The molecule has 0 unspecified atom stereocenters. The van der Waals surface area contributed by atoms with Crippen LogP contribution in [0, 0.1) is 11.3 Å². The number of nitriles is 1. The fourth-order valence-corrected chi connectivity index (χ4v) is 1.50. The van der Waals surface area contributed by atoms with E-state index >= 15 is 0 Å². The minimum Gasteiger partial charge on any atom is -0.462 e. The first-order chi connectivity index (χ1) is 9.58. The van der Waals surface area contributed by atoms with Crippen LogP contribution < -0.4 is 0 Å². The van der Waals surface area contributed by atoms with Crippen LogP contribution in [0.5, 0.6) is 0 Å². The van der Waals surface area contributed by atoms with Crippen molar-refractivity contribution in [3.8, 4) is 6.07 Å². The highest BCUT2D eigenvalue weighted by Crippen LogP contribution is 2.10. The molecule has 0 aliphatic heterocycles. The van der Waals surface area contributed by atoms with Gasteiger partial charge in [-0.25, -0.2) is 4.79 Å². The lowest BCUT2D eigenvalue weighted by molar-refractivity contribution is -0.138. The second-order valence-electron chi connectivity index (χ2n) is 4.34. The molecule has 104 valence electrons. The number of rotatable bonds is 6. The summed E-state index contributed by atoms with van der Waals surface area (Å²) in [6.45, 7) is 3.79. The summed E-state index contributed by atoms with van der Waals surface area (Å²) in [6.07, 6.45) is 3.15. The molecule has 0 bridgehead atoms. The summed E-state index contributed by atoms with van der Waals surface area (Å²) < 4.78 is 4.99. The summed E-state index contributed by atoms with van der Waals surface area (Å²) in [5.41, 5.74) is 1.22. The lowest BCUT2D eigenvalue weighted by atomic mass is 10.1. The van der Waals surface area contributed by atoms with Gasteiger partial charge in [0.25, 0.3) is 0 Å². The molecule has 0 aliphatic rings. The zero-order chi connectivity index (χ0) is 15.0. The molecule has 4 heteroatoms. The summed E-state index contributed by atoms with van der Waals surface area (Å²) in [5.74, 6) is -0.642. The highest BCUT2D eigenvalue weighted by molar-refractivity contribution is 5.98. The van der Waals surface area contributed by atoms with Gasteiger partial charge in [-0.1, -0.05) is 37.6 Å². The number of carbonyl (C=O) groups is 2. The Bertz CT molecular complexity index is 550. The topological polar surface area (TPSA) is 67.2 Å². The first-order valence-corrected chi connectivity index (χ1v) is 6.48. The van der Waals surface area contributed by atoms with E-state index in [-0.39, 0.29) is 11.4 Å². The third-order valence-electron chi connectivity index (χ3n) is 2.70. The molecule has 0 spiro atoms. The van der Waals surface area contributed by atoms with Gasteiger partial charge < -0.3 is 4.74 Å². The zero-order valence-corrected chi connectivity index (χ0v) is 11.7. The second kappa shape index (κ2) is 7.90. The van der Waals surface area contributed by atoms with Crippen LogP contribution >= 0.6 is 0 Å². The summed E-state index contributed by atoms with van der Waals surface area (Å²) in [5, 5.41) is 8.98. The van der Waals surface area contributed by atoms with Crippen LogP contribution in [0.4, 0.5) is 0 Å². The number of unbranched alkanes of at least 4 members (excludes halogenated alkanes) is 1. The van der Waals surface area contributed by atoms with Gasteiger partial charge in [-0.15, -0.1) is 0 Å². The van der Waals surface area contributed by atoms with Gasteiger partial charge in [0.1, 0.15) is 11.6 Å². The molecule has 1 aromatic rings. The fraction of sp³-hybridized carbons (Fsp3) is 0.312. The van der Waals surface area contributed by atoms with Crippen molar-refractivity contribution >= 4 is 17.8 Å². The zero-order valence-electron chi connectivity index (χ0n) is 11.7. The van der Waals surface area contributed by atoms with Crippen molar-refractivity contribution in [2.45, 2.75) is 26.7 Å². The molecular weight excluding hydrogens is 254 g/mol. The molecule has 0 amide bonds. The number of nitrogens with zero attached hydrogens (tertiary/aromatic N) is 1. The number of esters is 1. The van der Waals surface area contributed by atoms with Crippen molar-refractivity contribution in [3.63, 3.8) is 0 Å². The minimum atomic E-state index is -0.614. The second-order valence-corrected chi connectivity index (χ2v) is 4.34. The number of benzene rings is 1. The Labute approximate surface area is 118 Å². The Hall–Kier alpha value is -2.41. The van der Waals surface area contributed by atoms with Gasteiger partial charge in [0.15, 0.2) is 5.78 Å². The Morgan fingerprint density at radius 3 is 2.45 bits per heavy atom. The third kappa shape index (κ3) is 4.69. The Morgan fingerprint density at radius 1 is 1.30 bits per heavy atom. The predicted molar refractivity (Wildman–Crippen MR) is 75.9 cm³/mol. The smallest absolute Gasteiger partial charge is 0.348 e.